The van der Waals surface area contributed by atoms with Gasteiger partial charge in [-0.05, 0) is 42.8 Å². The molecule has 1 aliphatic heterocycles. The number of anilines is 1. The van der Waals surface area contributed by atoms with Crippen LogP contribution < -0.4 is 19.1 Å². The normalized spacial score (nSPS) is 13.8. The standard InChI is InChI=1S/C27H24ClN3O5/c1-30-15-20(18-11-12-29-27(35-3)26(18)30)19-13-16(31-24(32)5-4-6-25(31)33)7-9-22(19)36-23-10-8-17(34-2)14-21(23)28/h7-15H,4-6H2,1-3H3. The lowest BCUT2D eigenvalue weighted by Gasteiger charge is -2.26. The number of hydrogen-bond donors (Lipinski definition) is 0. The summed E-state index contributed by atoms with van der Waals surface area (Å²) in [5, 5.41) is 1.26. The number of amides is 2. The van der Waals surface area contributed by atoms with Crippen molar-refractivity contribution >= 4 is 40.0 Å². The molecule has 36 heavy (non-hydrogen) atoms. The maximum Gasteiger partial charge on any atom is 0.238 e. The average Bonchev–Trinajstić information content (AvgIpc) is 3.22. The Labute approximate surface area is 213 Å². The molecule has 9 heteroatoms. The monoisotopic (exact) mass is 505 g/mol. The molecule has 184 valence electrons. The van der Waals surface area contributed by atoms with E-state index in [4.69, 9.17) is 25.8 Å². The second-order valence-electron chi connectivity index (χ2n) is 8.43. The first-order valence-electron chi connectivity index (χ1n) is 11.4. The zero-order valence-electron chi connectivity index (χ0n) is 20.1. The Morgan fingerprint density at radius 3 is 2.36 bits per heavy atom. The number of nitrogens with zero attached hydrogens (tertiary/aromatic N) is 3. The lowest BCUT2D eigenvalue weighted by Crippen LogP contribution is -2.40. The Morgan fingerprint density at radius 2 is 1.67 bits per heavy atom. The van der Waals surface area contributed by atoms with E-state index < -0.39 is 0 Å². The number of hydrogen-bond acceptors (Lipinski definition) is 6. The smallest absolute Gasteiger partial charge is 0.238 e. The van der Waals surface area contributed by atoms with E-state index in [1.807, 2.05) is 23.9 Å². The summed E-state index contributed by atoms with van der Waals surface area (Å²) in [5.41, 5.74) is 2.81. The number of fused-ring (bicyclic) bond motifs is 1. The molecule has 0 unspecified atom stereocenters. The molecule has 1 fully saturated rings. The Hall–Kier alpha value is -4.04. The van der Waals surface area contributed by atoms with Gasteiger partial charge in [-0.1, -0.05) is 11.6 Å². The highest BCUT2D eigenvalue weighted by molar-refractivity contribution is 6.32. The van der Waals surface area contributed by atoms with E-state index in [9.17, 15) is 9.59 Å². The van der Waals surface area contributed by atoms with Crippen LogP contribution in [0.1, 0.15) is 19.3 Å². The fraction of sp³-hybridized carbons (Fsp3) is 0.222. The Morgan fingerprint density at radius 1 is 0.917 bits per heavy atom. The molecule has 5 rings (SSSR count). The van der Waals surface area contributed by atoms with Crippen LogP contribution in [0.5, 0.6) is 23.1 Å². The zero-order valence-corrected chi connectivity index (χ0v) is 20.8. The molecule has 1 saturated heterocycles. The minimum atomic E-state index is -0.215. The highest BCUT2D eigenvalue weighted by Gasteiger charge is 2.29. The summed E-state index contributed by atoms with van der Waals surface area (Å²) in [5.74, 6) is 1.61. The molecule has 2 aromatic carbocycles. The number of aryl methyl sites for hydroxylation is 1. The molecule has 0 atom stereocenters. The van der Waals surface area contributed by atoms with Gasteiger partial charge >= 0.3 is 0 Å². The van der Waals surface area contributed by atoms with Gasteiger partial charge < -0.3 is 18.8 Å². The topological polar surface area (TPSA) is 82.9 Å². The van der Waals surface area contributed by atoms with Crippen molar-refractivity contribution in [1.82, 2.24) is 9.55 Å². The zero-order chi connectivity index (χ0) is 25.4. The molecule has 0 saturated carbocycles. The Bertz CT molecular complexity index is 1480. The van der Waals surface area contributed by atoms with Crippen molar-refractivity contribution in [2.75, 3.05) is 19.1 Å². The van der Waals surface area contributed by atoms with Crippen LogP contribution in [0.2, 0.25) is 5.02 Å². The number of benzene rings is 2. The molecule has 1 aliphatic rings. The van der Waals surface area contributed by atoms with Gasteiger partial charge in [-0.2, -0.15) is 0 Å². The highest BCUT2D eigenvalue weighted by Crippen LogP contribution is 2.43. The van der Waals surface area contributed by atoms with Crippen molar-refractivity contribution in [2.45, 2.75) is 19.3 Å². The van der Waals surface area contributed by atoms with Crippen LogP contribution in [-0.4, -0.2) is 35.6 Å². The molecule has 2 amide bonds. The van der Waals surface area contributed by atoms with Crippen molar-refractivity contribution in [2.24, 2.45) is 7.05 Å². The number of pyridine rings is 1. The maximum absolute atomic E-state index is 12.6. The average molecular weight is 506 g/mol. The van der Waals surface area contributed by atoms with Gasteiger partial charge in [0, 0.05) is 54.9 Å². The van der Waals surface area contributed by atoms with Gasteiger partial charge in [-0.25, -0.2) is 4.98 Å². The van der Waals surface area contributed by atoms with E-state index in [1.54, 1.807) is 56.8 Å². The molecule has 4 aromatic rings. The number of carbonyl (C=O) groups excluding carboxylic acids is 2. The minimum absolute atomic E-state index is 0.215. The predicted molar refractivity (Wildman–Crippen MR) is 137 cm³/mol. The molecular weight excluding hydrogens is 482 g/mol. The van der Waals surface area contributed by atoms with Crippen LogP contribution in [0.3, 0.4) is 0 Å². The summed E-state index contributed by atoms with van der Waals surface area (Å²) in [6.07, 6.45) is 4.84. The molecular formula is C27H24ClN3O5. The third-order valence-electron chi connectivity index (χ3n) is 6.20. The van der Waals surface area contributed by atoms with Crippen molar-refractivity contribution in [3.63, 3.8) is 0 Å². The molecule has 2 aromatic heterocycles. The van der Waals surface area contributed by atoms with Crippen molar-refractivity contribution < 1.29 is 23.8 Å². The van der Waals surface area contributed by atoms with E-state index in [2.05, 4.69) is 4.98 Å². The predicted octanol–water partition coefficient (Wildman–Crippen LogP) is 5.75. The first-order valence-corrected chi connectivity index (χ1v) is 11.8. The summed E-state index contributed by atoms with van der Waals surface area (Å²) < 4.78 is 18.9. The van der Waals surface area contributed by atoms with Gasteiger partial charge in [0.1, 0.15) is 22.8 Å². The lowest BCUT2D eigenvalue weighted by atomic mass is 10.0. The van der Waals surface area contributed by atoms with Gasteiger partial charge in [-0.15, -0.1) is 0 Å². The number of piperidine rings is 1. The van der Waals surface area contributed by atoms with Crippen molar-refractivity contribution in [3.8, 4) is 34.3 Å². The third kappa shape index (κ3) is 4.13. The van der Waals surface area contributed by atoms with Crippen LogP contribution in [0.4, 0.5) is 5.69 Å². The van der Waals surface area contributed by atoms with Crippen LogP contribution in [0.15, 0.2) is 54.9 Å². The maximum atomic E-state index is 12.6. The van der Waals surface area contributed by atoms with E-state index in [0.717, 1.165) is 16.5 Å². The van der Waals surface area contributed by atoms with Crippen LogP contribution in [-0.2, 0) is 16.6 Å². The number of ether oxygens (including phenoxy) is 3. The van der Waals surface area contributed by atoms with Gasteiger partial charge in [0.05, 0.1) is 24.9 Å². The molecule has 8 nitrogen and oxygen atoms in total. The number of methoxy groups -OCH3 is 2. The van der Waals surface area contributed by atoms with Crippen LogP contribution >= 0.6 is 11.6 Å². The van der Waals surface area contributed by atoms with E-state index in [1.165, 1.54) is 4.90 Å². The Balaban J connectivity index is 1.69. The molecule has 0 radical (unpaired) electrons. The fourth-order valence-corrected chi connectivity index (χ4v) is 4.70. The van der Waals surface area contributed by atoms with Crippen LogP contribution in [0.25, 0.3) is 22.0 Å². The SMILES string of the molecule is COc1ccc(Oc2ccc(N3C(=O)CCCC3=O)cc2-c2cn(C)c3c(OC)nccc23)c(Cl)c1. The highest BCUT2D eigenvalue weighted by atomic mass is 35.5. The second-order valence-corrected chi connectivity index (χ2v) is 8.83. The van der Waals surface area contributed by atoms with E-state index in [0.29, 0.717) is 58.7 Å². The summed E-state index contributed by atoms with van der Waals surface area (Å²) in [7, 11) is 5.04. The number of rotatable bonds is 6. The largest absolute Gasteiger partial charge is 0.497 e. The van der Waals surface area contributed by atoms with Gasteiger partial charge in [0.25, 0.3) is 0 Å². The first kappa shape index (κ1) is 23.7. The Kier molecular flexibility index (Phi) is 6.28. The van der Waals surface area contributed by atoms with Crippen molar-refractivity contribution in [1.29, 1.82) is 0 Å². The number of imide groups is 1. The van der Waals surface area contributed by atoms with Gasteiger partial charge in [-0.3, -0.25) is 14.5 Å². The molecule has 0 spiro atoms. The number of halogens is 1. The summed E-state index contributed by atoms with van der Waals surface area (Å²) in [6.45, 7) is 0. The molecule has 0 bridgehead atoms. The number of aromatic nitrogens is 2. The summed E-state index contributed by atoms with van der Waals surface area (Å²) >= 11 is 6.45. The molecule has 3 heterocycles. The third-order valence-corrected chi connectivity index (χ3v) is 6.50. The van der Waals surface area contributed by atoms with Gasteiger partial charge in [0.15, 0.2) is 0 Å². The van der Waals surface area contributed by atoms with E-state index in [-0.39, 0.29) is 11.8 Å². The molecule has 0 aliphatic carbocycles. The quantitative estimate of drug-likeness (QED) is 0.310. The van der Waals surface area contributed by atoms with E-state index >= 15 is 0 Å². The lowest BCUT2D eigenvalue weighted by molar-refractivity contribution is -0.129. The second kappa shape index (κ2) is 9.54. The number of carbonyl (C=O) groups is 2. The first-order chi connectivity index (χ1) is 17.4. The summed E-state index contributed by atoms with van der Waals surface area (Å²) in [6, 6.07) is 12.3. The van der Waals surface area contributed by atoms with Gasteiger partial charge in [0.2, 0.25) is 17.7 Å². The van der Waals surface area contributed by atoms with Crippen molar-refractivity contribution in [3.05, 3.63) is 59.9 Å². The fourth-order valence-electron chi connectivity index (χ4n) is 4.49. The molecule has 0 N–H and O–H groups in total. The summed E-state index contributed by atoms with van der Waals surface area (Å²) in [4.78, 5) is 30.9. The minimum Gasteiger partial charge on any atom is -0.497 e. The van der Waals surface area contributed by atoms with Crippen LogP contribution in [0, 0.1) is 0 Å².